The third-order valence-electron chi connectivity index (χ3n) is 2.47. The summed E-state index contributed by atoms with van der Waals surface area (Å²) >= 11 is 3.35. The van der Waals surface area contributed by atoms with Gasteiger partial charge in [-0.2, -0.15) is 0 Å². The minimum absolute atomic E-state index is 0.337. The summed E-state index contributed by atoms with van der Waals surface area (Å²) in [6.07, 6.45) is 1.09. The van der Waals surface area contributed by atoms with Crippen molar-refractivity contribution in [2.24, 2.45) is 11.8 Å². The van der Waals surface area contributed by atoms with E-state index in [0.717, 1.165) is 24.8 Å². The van der Waals surface area contributed by atoms with E-state index in [1.54, 1.807) is 0 Å². The molecule has 2 atom stereocenters. The van der Waals surface area contributed by atoms with E-state index in [1.807, 2.05) is 11.8 Å². The van der Waals surface area contributed by atoms with Crippen molar-refractivity contribution in [2.75, 3.05) is 18.4 Å². The summed E-state index contributed by atoms with van der Waals surface area (Å²) in [4.78, 5) is 13.6. The number of rotatable bonds is 4. The number of hydrogen-bond acceptors (Lipinski definition) is 1. The second kappa shape index (κ2) is 4.26. The standard InChI is InChI=1S/C9H16BrNO/c1-3-11(5-4-10)9(12)8-6-7(8)2/h7-8H,3-6H2,1-2H3. The lowest BCUT2D eigenvalue weighted by atomic mass is 10.3. The van der Waals surface area contributed by atoms with Gasteiger partial charge in [0.05, 0.1) is 0 Å². The summed E-state index contributed by atoms with van der Waals surface area (Å²) in [5, 5.41) is 0.883. The molecular formula is C9H16BrNO. The Bertz CT molecular complexity index is 172. The van der Waals surface area contributed by atoms with Crippen LogP contribution in [-0.4, -0.2) is 29.2 Å². The van der Waals surface area contributed by atoms with E-state index >= 15 is 0 Å². The summed E-state index contributed by atoms with van der Waals surface area (Å²) in [5.41, 5.74) is 0. The number of hydrogen-bond donors (Lipinski definition) is 0. The maximum Gasteiger partial charge on any atom is 0.225 e. The Labute approximate surface area is 82.4 Å². The summed E-state index contributed by atoms with van der Waals surface area (Å²) in [6, 6.07) is 0. The molecule has 3 heteroatoms. The van der Waals surface area contributed by atoms with Gasteiger partial charge in [-0.3, -0.25) is 4.79 Å². The minimum Gasteiger partial charge on any atom is -0.342 e. The third kappa shape index (κ3) is 2.22. The third-order valence-corrected chi connectivity index (χ3v) is 2.83. The predicted molar refractivity (Wildman–Crippen MR) is 53.3 cm³/mol. The lowest BCUT2D eigenvalue weighted by Gasteiger charge is -2.19. The van der Waals surface area contributed by atoms with E-state index in [-0.39, 0.29) is 0 Å². The van der Waals surface area contributed by atoms with Gasteiger partial charge < -0.3 is 4.90 Å². The van der Waals surface area contributed by atoms with Gasteiger partial charge >= 0.3 is 0 Å². The zero-order valence-electron chi connectivity index (χ0n) is 7.72. The molecule has 1 aliphatic carbocycles. The van der Waals surface area contributed by atoms with Gasteiger partial charge in [0.25, 0.3) is 0 Å². The van der Waals surface area contributed by atoms with Crippen molar-refractivity contribution in [3.63, 3.8) is 0 Å². The van der Waals surface area contributed by atoms with Crippen molar-refractivity contribution in [1.82, 2.24) is 4.90 Å². The Balaban J connectivity index is 2.37. The first kappa shape index (κ1) is 10.0. The van der Waals surface area contributed by atoms with Crippen molar-refractivity contribution in [3.05, 3.63) is 0 Å². The van der Waals surface area contributed by atoms with E-state index in [0.29, 0.717) is 17.7 Å². The molecule has 1 saturated carbocycles. The van der Waals surface area contributed by atoms with Crippen LogP contribution in [0, 0.1) is 11.8 Å². The Morgan fingerprint density at radius 1 is 1.67 bits per heavy atom. The second-order valence-corrected chi connectivity index (χ2v) is 4.22. The molecule has 0 aromatic rings. The molecule has 1 fully saturated rings. The van der Waals surface area contributed by atoms with Crippen molar-refractivity contribution in [1.29, 1.82) is 0 Å². The predicted octanol–water partition coefficient (Wildman–Crippen LogP) is 1.89. The Morgan fingerprint density at radius 2 is 2.25 bits per heavy atom. The number of halogens is 1. The van der Waals surface area contributed by atoms with Crippen LogP contribution < -0.4 is 0 Å². The molecule has 2 nitrogen and oxygen atoms in total. The zero-order valence-corrected chi connectivity index (χ0v) is 9.30. The number of nitrogens with zero attached hydrogens (tertiary/aromatic N) is 1. The van der Waals surface area contributed by atoms with Gasteiger partial charge in [0.15, 0.2) is 0 Å². The van der Waals surface area contributed by atoms with Crippen LogP contribution in [0.1, 0.15) is 20.3 Å². The fourth-order valence-electron chi connectivity index (χ4n) is 1.43. The quantitative estimate of drug-likeness (QED) is 0.680. The molecule has 0 N–H and O–H groups in total. The molecule has 0 bridgehead atoms. The molecule has 1 rings (SSSR count). The molecule has 0 aromatic heterocycles. The van der Waals surface area contributed by atoms with Crippen LogP contribution in [0.15, 0.2) is 0 Å². The number of carbonyl (C=O) groups is 1. The first-order valence-corrected chi connectivity index (χ1v) is 5.67. The van der Waals surface area contributed by atoms with Gasteiger partial charge in [-0.15, -0.1) is 0 Å². The molecule has 0 heterocycles. The number of alkyl halides is 1. The lowest BCUT2D eigenvalue weighted by molar-refractivity contribution is -0.132. The average molecular weight is 234 g/mol. The average Bonchev–Trinajstić information content (AvgIpc) is 2.77. The van der Waals surface area contributed by atoms with Crippen LogP contribution in [-0.2, 0) is 4.79 Å². The molecule has 0 spiro atoms. The number of carbonyl (C=O) groups excluding carboxylic acids is 1. The summed E-state index contributed by atoms with van der Waals surface area (Å²) in [7, 11) is 0. The van der Waals surface area contributed by atoms with Crippen LogP contribution in [0.25, 0.3) is 0 Å². The highest BCUT2D eigenvalue weighted by Gasteiger charge is 2.40. The maximum absolute atomic E-state index is 11.6. The molecule has 2 unspecified atom stereocenters. The van der Waals surface area contributed by atoms with Crippen LogP contribution in [0.3, 0.4) is 0 Å². The molecule has 1 amide bonds. The molecule has 12 heavy (non-hydrogen) atoms. The van der Waals surface area contributed by atoms with Gasteiger partial charge in [0.1, 0.15) is 0 Å². The summed E-state index contributed by atoms with van der Waals surface area (Å²) in [6.45, 7) is 5.87. The highest BCUT2D eigenvalue weighted by atomic mass is 79.9. The Hall–Kier alpha value is -0.0500. The molecule has 0 radical (unpaired) electrons. The van der Waals surface area contributed by atoms with Gasteiger partial charge in [0.2, 0.25) is 5.91 Å². The number of amides is 1. The Kier molecular flexibility index (Phi) is 3.56. The van der Waals surface area contributed by atoms with Crippen LogP contribution in [0.2, 0.25) is 0 Å². The van der Waals surface area contributed by atoms with Gasteiger partial charge in [-0.1, -0.05) is 22.9 Å². The summed E-state index contributed by atoms with van der Waals surface area (Å²) < 4.78 is 0. The lowest BCUT2D eigenvalue weighted by Crippen LogP contribution is -2.33. The van der Waals surface area contributed by atoms with Crippen molar-refractivity contribution in [2.45, 2.75) is 20.3 Å². The first-order valence-electron chi connectivity index (χ1n) is 4.55. The van der Waals surface area contributed by atoms with E-state index in [1.165, 1.54) is 0 Å². The normalized spacial score (nSPS) is 26.9. The smallest absolute Gasteiger partial charge is 0.225 e. The maximum atomic E-state index is 11.6. The van der Waals surface area contributed by atoms with Crippen molar-refractivity contribution >= 4 is 21.8 Å². The first-order chi connectivity index (χ1) is 5.70. The van der Waals surface area contributed by atoms with E-state index in [2.05, 4.69) is 22.9 Å². The van der Waals surface area contributed by atoms with Gasteiger partial charge in [0, 0.05) is 24.3 Å². The minimum atomic E-state index is 0.337. The highest BCUT2D eigenvalue weighted by molar-refractivity contribution is 9.09. The fourth-order valence-corrected chi connectivity index (χ4v) is 1.85. The summed E-state index contributed by atoms with van der Waals surface area (Å²) in [5.74, 6) is 1.32. The fraction of sp³-hybridized carbons (Fsp3) is 0.889. The molecular weight excluding hydrogens is 218 g/mol. The topological polar surface area (TPSA) is 20.3 Å². The largest absolute Gasteiger partial charge is 0.342 e. The monoisotopic (exact) mass is 233 g/mol. The Morgan fingerprint density at radius 3 is 2.58 bits per heavy atom. The second-order valence-electron chi connectivity index (χ2n) is 3.43. The van der Waals surface area contributed by atoms with Gasteiger partial charge in [-0.05, 0) is 19.3 Å². The molecule has 0 aromatic carbocycles. The molecule has 1 aliphatic rings. The molecule has 0 aliphatic heterocycles. The van der Waals surface area contributed by atoms with Crippen LogP contribution >= 0.6 is 15.9 Å². The molecule has 70 valence electrons. The van der Waals surface area contributed by atoms with E-state index in [9.17, 15) is 4.79 Å². The molecule has 0 saturated heterocycles. The van der Waals surface area contributed by atoms with Crippen molar-refractivity contribution in [3.8, 4) is 0 Å². The zero-order chi connectivity index (χ0) is 9.14. The van der Waals surface area contributed by atoms with E-state index in [4.69, 9.17) is 0 Å². The highest BCUT2D eigenvalue weighted by Crippen LogP contribution is 2.39. The van der Waals surface area contributed by atoms with Crippen molar-refractivity contribution < 1.29 is 4.79 Å². The van der Waals surface area contributed by atoms with Gasteiger partial charge in [-0.25, -0.2) is 0 Å². The SMILES string of the molecule is CCN(CCBr)C(=O)C1CC1C. The van der Waals surface area contributed by atoms with Crippen LogP contribution in [0.5, 0.6) is 0 Å². The van der Waals surface area contributed by atoms with Crippen LogP contribution in [0.4, 0.5) is 0 Å². The van der Waals surface area contributed by atoms with E-state index < -0.39 is 0 Å².